The minimum atomic E-state index is -4.07. The third kappa shape index (κ3) is 6.18. The highest BCUT2D eigenvalue weighted by atomic mass is 35.5. The monoisotopic (exact) mass is 470 g/mol. The van der Waals surface area contributed by atoms with Crippen LogP contribution < -0.4 is 9.62 Å². The number of anilines is 1. The fourth-order valence-corrected chi connectivity index (χ4v) is 3.86. The molecule has 1 unspecified atom stereocenters. The zero-order valence-corrected chi connectivity index (χ0v) is 19.1. The molecule has 0 aliphatic carbocycles. The number of nitrogens with zero attached hydrogens (tertiary/aromatic N) is 1. The van der Waals surface area contributed by atoms with Gasteiger partial charge in [0.1, 0.15) is 5.82 Å². The Morgan fingerprint density at radius 2 is 1.74 bits per heavy atom. The predicted molar refractivity (Wildman–Crippen MR) is 116 cm³/mol. The van der Waals surface area contributed by atoms with Crippen LogP contribution in [0.15, 0.2) is 47.4 Å². The van der Waals surface area contributed by atoms with Crippen molar-refractivity contribution in [1.29, 1.82) is 0 Å². The van der Waals surface area contributed by atoms with Crippen molar-refractivity contribution in [2.45, 2.75) is 31.7 Å². The van der Waals surface area contributed by atoms with E-state index in [2.05, 4.69) is 5.32 Å². The summed E-state index contributed by atoms with van der Waals surface area (Å²) >= 11 is 6.04. The van der Waals surface area contributed by atoms with Gasteiger partial charge in [-0.3, -0.25) is 9.10 Å². The second-order valence-corrected chi connectivity index (χ2v) is 9.64. The molecule has 1 amide bonds. The number of nitrogens with one attached hydrogen (secondary N) is 1. The van der Waals surface area contributed by atoms with Crippen molar-refractivity contribution in [3.8, 4) is 0 Å². The lowest BCUT2D eigenvalue weighted by Gasteiger charge is -2.20. The molecule has 2 aromatic carbocycles. The number of rotatable bonds is 8. The van der Waals surface area contributed by atoms with E-state index in [-0.39, 0.29) is 33.1 Å². The molecule has 0 saturated carbocycles. The summed E-state index contributed by atoms with van der Waals surface area (Å²) in [4.78, 5) is 24.1. The maximum atomic E-state index is 13.1. The van der Waals surface area contributed by atoms with E-state index in [0.717, 1.165) is 22.5 Å². The van der Waals surface area contributed by atoms with Gasteiger partial charge in [-0.15, -0.1) is 0 Å². The fraction of sp³-hybridized carbons (Fsp3) is 0.333. The van der Waals surface area contributed by atoms with Gasteiger partial charge in [-0.05, 0) is 55.3 Å². The van der Waals surface area contributed by atoms with Crippen molar-refractivity contribution in [2.75, 3.05) is 18.0 Å². The Labute approximate surface area is 186 Å². The Morgan fingerprint density at radius 3 is 2.32 bits per heavy atom. The average molecular weight is 471 g/mol. The van der Waals surface area contributed by atoms with Gasteiger partial charge in [0.15, 0.2) is 6.61 Å². The number of hydrogen-bond acceptors (Lipinski definition) is 5. The van der Waals surface area contributed by atoms with Gasteiger partial charge in [0.2, 0.25) is 0 Å². The summed E-state index contributed by atoms with van der Waals surface area (Å²) < 4.78 is 44.9. The van der Waals surface area contributed by atoms with E-state index in [1.165, 1.54) is 31.3 Å². The number of carbonyl (C=O) groups is 2. The van der Waals surface area contributed by atoms with Crippen molar-refractivity contribution in [3.05, 3.63) is 58.9 Å². The molecule has 0 saturated heterocycles. The molecule has 0 aromatic heterocycles. The Balaban J connectivity index is 2.19. The predicted octanol–water partition coefficient (Wildman–Crippen LogP) is 3.62. The van der Waals surface area contributed by atoms with Gasteiger partial charge in [0.05, 0.1) is 21.2 Å². The summed E-state index contributed by atoms with van der Waals surface area (Å²) in [7, 11) is -2.77. The summed E-state index contributed by atoms with van der Waals surface area (Å²) in [6.07, 6.45) is 0. The maximum absolute atomic E-state index is 13.1. The van der Waals surface area contributed by atoms with Crippen molar-refractivity contribution in [1.82, 2.24) is 5.32 Å². The van der Waals surface area contributed by atoms with Crippen molar-refractivity contribution >= 4 is 39.2 Å². The second kappa shape index (κ2) is 10.1. The molecule has 0 aliphatic rings. The molecule has 0 spiro atoms. The molecule has 10 heteroatoms. The lowest BCUT2D eigenvalue weighted by molar-refractivity contribution is -0.125. The van der Waals surface area contributed by atoms with Gasteiger partial charge < -0.3 is 10.1 Å². The van der Waals surface area contributed by atoms with Crippen LogP contribution in [0.5, 0.6) is 0 Å². The van der Waals surface area contributed by atoms with Gasteiger partial charge in [-0.1, -0.05) is 25.4 Å². The molecule has 168 valence electrons. The molecule has 31 heavy (non-hydrogen) atoms. The molecule has 1 N–H and O–H groups in total. The van der Waals surface area contributed by atoms with Crippen molar-refractivity contribution in [3.63, 3.8) is 0 Å². The second-order valence-electron chi connectivity index (χ2n) is 7.27. The molecular formula is C21H24ClFN2O5S. The number of amides is 1. The highest BCUT2D eigenvalue weighted by Crippen LogP contribution is 2.26. The topological polar surface area (TPSA) is 92.8 Å². The summed E-state index contributed by atoms with van der Waals surface area (Å²) in [5, 5.41) is 2.67. The quantitative estimate of drug-likeness (QED) is 0.595. The third-order valence-corrected chi connectivity index (χ3v) is 6.84. The van der Waals surface area contributed by atoms with E-state index in [4.69, 9.17) is 16.3 Å². The summed E-state index contributed by atoms with van der Waals surface area (Å²) in [5.74, 6) is -1.71. The van der Waals surface area contributed by atoms with Crippen LogP contribution in [0.1, 0.15) is 31.1 Å². The Hall–Kier alpha value is -2.65. The van der Waals surface area contributed by atoms with Gasteiger partial charge >= 0.3 is 5.97 Å². The molecule has 2 rings (SSSR count). The minimum Gasteiger partial charge on any atom is -0.452 e. The number of hydrogen-bond donors (Lipinski definition) is 1. The lowest BCUT2D eigenvalue weighted by atomic mass is 10.1. The number of carbonyl (C=O) groups excluding carboxylic acids is 2. The highest BCUT2D eigenvalue weighted by Gasteiger charge is 2.24. The van der Waals surface area contributed by atoms with E-state index in [9.17, 15) is 22.4 Å². The van der Waals surface area contributed by atoms with Gasteiger partial charge in [0, 0.05) is 13.1 Å². The van der Waals surface area contributed by atoms with Gasteiger partial charge in [0.25, 0.3) is 15.9 Å². The van der Waals surface area contributed by atoms with Crippen LogP contribution in [-0.4, -0.2) is 40.0 Å². The largest absolute Gasteiger partial charge is 0.452 e. The zero-order chi connectivity index (χ0) is 23.3. The van der Waals surface area contributed by atoms with Crippen LogP contribution in [0.2, 0.25) is 5.02 Å². The van der Waals surface area contributed by atoms with Crippen LogP contribution >= 0.6 is 11.6 Å². The minimum absolute atomic E-state index is 0.0238. The maximum Gasteiger partial charge on any atom is 0.340 e. The summed E-state index contributed by atoms with van der Waals surface area (Å²) in [5.41, 5.74) is 0.0383. The SMILES string of the molecule is CC(C)C(C)NC(=O)COC(=O)c1cc(S(=O)(=O)N(C)c2ccc(F)cc2)ccc1Cl. The number of sulfonamides is 1. The average Bonchev–Trinajstić information content (AvgIpc) is 2.72. The molecular weight excluding hydrogens is 447 g/mol. The number of ether oxygens (including phenoxy) is 1. The van der Waals surface area contributed by atoms with Crippen LogP contribution in [0, 0.1) is 11.7 Å². The van der Waals surface area contributed by atoms with E-state index in [1.54, 1.807) is 0 Å². The van der Waals surface area contributed by atoms with E-state index in [0.29, 0.717) is 0 Å². The molecule has 0 bridgehead atoms. The van der Waals surface area contributed by atoms with E-state index in [1.807, 2.05) is 20.8 Å². The van der Waals surface area contributed by atoms with E-state index >= 15 is 0 Å². The smallest absolute Gasteiger partial charge is 0.340 e. The first-order chi connectivity index (χ1) is 14.4. The molecule has 7 nitrogen and oxygen atoms in total. The first kappa shape index (κ1) is 24.6. The molecule has 1 atom stereocenters. The number of benzene rings is 2. The standard InChI is InChI=1S/C21H24ClFN2O5S/c1-13(2)14(3)24-20(26)12-30-21(27)18-11-17(9-10-19(18)22)31(28,29)25(4)16-7-5-15(23)6-8-16/h5-11,13-14H,12H2,1-4H3,(H,24,26). The molecule has 0 radical (unpaired) electrons. The summed E-state index contributed by atoms with van der Waals surface area (Å²) in [6.45, 7) is 5.17. The Bertz CT molecular complexity index is 1060. The molecule has 2 aromatic rings. The Kier molecular flexibility index (Phi) is 8.02. The van der Waals surface area contributed by atoms with E-state index < -0.39 is 34.3 Å². The van der Waals surface area contributed by atoms with Crippen molar-refractivity contribution < 1.29 is 27.1 Å². The summed E-state index contributed by atoms with van der Waals surface area (Å²) in [6, 6.07) is 8.37. The normalized spacial score (nSPS) is 12.4. The highest BCUT2D eigenvalue weighted by molar-refractivity contribution is 7.92. The fourth-order valence-electron chi connectivity index (χ4n) is 2.44. The van der Waals surface area contributed by atoms with Gasteiger partial charge in [-0.25, -0.2) is 17.6 Å². The van der Waals surface area contributed by atoms with Crippen molar-refractivity contribution in [2.24, 2.45) is 5.92 Å². The van der Waals surface area contributed by atoms with Gasteiger partial charge in [-0.2, -0.15) is 0 Å². The third-order valence-electron chi connectivity index (χ3n) is 4.73. The molecule has 0 aliphatic heterocycles. The van der Waals surface area contributed by atoms with Crippen LogP contribution in [0.25, 0.3) is 0 Å². The first-order valence-electron chi connectivity index (χ1n) is 9.44. The first-order valence-corrected chi connectivity index (χ1v) is 11.3. The molecule has 0 fully saturated rings. The lowest BCUT2D eigenvalue weighted by Crippen LogP contribution is -2.38. The molecule has 0 heterocycles. The number of halogens is 2. The van der Waals surface area contributed by atoms with Crippen LogP contribution in [0.4, 0.5) is 10.1 Å². The van der Waals surface area contributed by atoms with Crippen LogP contribution in [0.3, 0.4) is 0 Å². The van der Waals surface area contributed by atoms with Crippen LogP contribution in [-0.2, 0) is 19.6 Å². The number of esters is 1. The zero-order valence-electron chi connectivity index (χ0n) is 17.6. The Morgan fingerprint density at radius 1 is 1.13 bits per heavy atom.